The molecule has 3 aromatic rings. The quantitative estimate of drug-likeness (QED) is 0.660. The average Bonchev–Trinajstić information content (AvgIpc) is 3.33. The van der Waals surface area contributed by atoms with Crippen molar-refractivity contribution in [2.24, 2.45) is 0 Å². The van der Waals surface area contributed by atoms with Crippen molar-refractivity contribution in [3.63, 3.8) is 0 Å². The zero-order chi connectivity index (χ0) is 18.9. The van der Waals surface area contributed by atoms with Crippen LogP contribution in [0.2, 0.25) is 5.02 Å². The predicted molar refractivity (Wildman–Crippen MR) is 114 cm³/mol. The molecule has 0 bridgehead atoms. The highest BCUT2D eigenvalue weighted by molar-refractivity contribution is 6.32. The number of nitrogens with one attached hydrogen (secondary N) is 1. The molecule has 0 radical (unpaired) electrons. The van der Waals surface area contributed by atoms with E-state index in [2.05, 4.69) is 40.5 Å². The Morgan fingerprint density at radius 1 is 1.04 bits per heavy atom. The molecule has 2 aliphatic heterocycles. The summed E-state index contributed by atoms with van der Waals surface area (Å²) in [5.74, 6) is 1.12. The molecular weight excluding hydrogens is 368 g/mol. The smallest absolute Gasteiger partial charge is 0.133 e. The SMILES string of the molecule is Clc1ccccc1-n1nc(C2CCCCN2Cc2ccccc2)c2c1NCC2. The van der Waals surface area contributed by atoms with Crippen molar-refractivity contribution in [3.8, 4) is 5.69 Å². The molecule has 1 saturated heterocycles. The van der Waals surface area contributed by atoms with E-state index in [0.717, 1.165) is 42.6 Å². The minimum Gasteiger partial charge on any atom is -0.369 e. The van der Waals surface area contributed by atoms with Crippen molar-refractivity contribution < 1.29 is 0 Å². The summed E-state index contributed by atoms with van der Waals surface area (Å²) in [6.45, 7) is 3.07. The molecule has 1 fully saturated rings. The van der Waals surface area contributed by atoms with Crippen LogP contribution in [0.1, 0.15) is 42.1 Å². The molecule has 2 aromatic carbocycles. The van der Waals surface area contributed by atoms with Gasteiger partial charge < -0.3 is 5.32 Å². The van der Waals surface area contributed by atoms with Gasteiger partial charge in [-0.05, 0) is 43.5 Å². The van der Waals surface area contributed by atoms with Crippen LogP contribution in [-0.2, 0) is 13.0 Å². The fraction of sp³-hybridized carbons (Fsp3) is 0.348. The first kappa shape index (κ1) is 17.8. The third kappa shape index (κ3) is 3.21. The number of hydrogen-bond donors (Lipinski definition) is 1. The van der Waals surface area contributed by atoms with E-state index in [1.807, 2.05) is 28.9 Å². The number of piperidine rings is 1. The molecule has 4 nitrogen and oxygen atoms in total. The summed E-state index contributed by atoms with van der Waals surface area (Å²) in [6.07, 6.45) is 4.72. The Bertz CT molecular complexity index is 966. The van der Waals surface area contributed by atoms with E-state index < -0.39 is 0 Å². The number of fused-ring (bicyclic) bond motifs is 1. The van der Waals surface area contributed by atoms with Crippen LogP contribution >= 0.6 is 11.6 Å². The second-order valence-corrected chi connectivity index (χ2v) is 8.13. The van der Waals surface area contributed by atoms with Gasteiger partial charge in [-0.3, -0.25) is 4.90 Å². The third-order valence-electron chi connectivity index (χ3n) is 5.92. The lowest BCUT2D eigenvalue weighted by atomic mass is 9.95. The highest BCUT2D eigenvalue weighted by Crippen LogP contribution is 2.39. The number of halogens is 1. The molecule has 2 aliphatic rings. The Hall–Kier alpha value is -2.30. The van der Waals surface area contributed by atoms with Crippen LogP contribution in [0, 0.1) is 0 Å². The molecule has 3 heterocycles. The van der Waals surface area contributed by atoms with Crippen molar-refractivity contribution in [2.75, 3.05) is 18.4 Å². The van der Waals surface area contributed by atoms with Gasteiger partial charge in [0.2, 0.25) is 0 Å². The Labute approximate surface area is 171 Å². The van der Waals surface area contributed by atoms with Gasteiger partial charge >= 0.3 is 0 Å². The van der Waals surface area contributed by atoms with E-state index in [0.29, 0.717) is 6.04 Å². The van der Waals surface area contributed by atoms with Crippen molar-refractivity contribution in [3.05, 3.63) is 76.4 Å². The van der Waals surface area contributed by atoms with Gasteiger partial charge in [0, 0.05) is 18.7 Å². The van der Waals surface area contributed by atoms with E-state index in [9.17, 15) is 0 Å². The van der Waals surface area contributed by atoms with Gasteiger partial charge in [-0.1, -0.05) is 60.5 Å². The number of aromatic nitrogens is 2. The summed E-state index contributed by atoms with van der Waals surface area (Å²) >= 11 is 6.49. The predicted octanol–water partition coefficient (Wildman–Crippen LogP) is 5.22. The van der Waals surface area contributed by atoms with Crippen LogP contribution in [0.25, 0.3) is 5.69 Å². The summed E-state index contributed by atoms with van der Waals surface area (Å²) in [7, 11) is 0. The first-order valence-electron chi connectivity index (χ1n) is 10.2. The molecule has 1 unspecified atom stereocenters. The third-order valence-corrected chi connectivity index (χ3v) is 6.24. The average molecular weight is 393 g/mol. The van der Waals surface area contributed by atoms with Crippen molar-refractivity contribution >= 4 is 17.4 Å². The molecule has 0 spiro atoms. The van der Waals surface area contributed by atoms with E-state index in [1.165, 1.54) is 36.1 Å². The topological polar surface area (TPSA) is 33.1 Å². The molecule has 1 N–H and O–H groups in total. The van der Waals surface area contributed by atoms with Crippen LogP contribution in [0.15, 0.2) is 54.6 Å². The van der Waals surface area contributed by atoms with Crippen LogP contribution < -0.4 is 5.32 Å². The van der Waals surface area contributed by atoms with Crippen molar-refractivity contribution in [2.45, 2.75) is 38.3 Å². The van der Waals surface area contributed by atoms with E-state index in [4.69, 9.17) is 16.7 Å². The second-order valence-electron chi connectivity index (χ2n) is 7.72. The minimum absolute atomic E-state index is 0.367. The maximum absolute atomic E-state index is 6.49. The number of nitrogens with zero attached hydrogens (tertiary/aromatic N) is 3. The summed E-state index contributed by atoms with van der Waals surface area (Å²) < 4.78 is 2.02. The van der Waals surface area contributed by atoms with E-state index >= 15 is 0 Å². The minimum atomic E-state index is 0.367. The van der Waals surface area contributed by atoms with Crippen molar-refractivity contribution in [1.29, 1.82) is 0 Å². The molecular formula is C23H25ClN4. The highest BCUT2D eigenvalue weighted by Gasteiger charge is 2.32. The van der Waals surface area contributed by atoms with Gasteiger partial charge in [-0.25, -0.2) is 4.68 Å². The van der Waals surface area contributed by atoms with Crippen LogP contribution in [0.5, 0.6) is 0 Å². The normalized spacial score (nSPS) is 19.4. The first-order valence-corrected chi connectivity index (χ1v) is 10.6. The largest absolute Gasteiger partial charge is 0.369 e. The molecule has 5 rings (SSSR count). The standard InChI is InChI=1S/C23H25ClN4/c24-19-10-4-5-11-20(19)28-23-18(13-14-25-23)22(26-28)21-12-6-7-15-27(21)16-17-8-2-1-3-9-17/h1-5,8-11,21,25H,6-7,12-16H2. The summed E-state index contributed by atoms with van der Waals surface area (Å²) in [4.78, 5) is 2.61. The molecule has 1 atom stereocenters. The maximum Gasteiger partial charge on any atom is 0.133 e. The first-order chi connectivity index (χ1) is 13.8. The van der Waals surface area contributed by atoms with Gasteiger partial charge in [0.15, 0.2) is 0 Å². The molecule has 0 saturated carbocycles. The van der Waals surface area contributed by atoms with Crippen LogP contribution in [0.4, 0.5) is 5.82 Å². The second kappa shape index (κ2) is 7.61. The van der Waals surface area contributed by atoms with Gasteiger partial charge in [0.05, 0.1) is 22.4 Å². The van der Waals surface area contributed by atoms with E-state index in [1.54, 1.807) is 0 Å². The number of hydrogen-bond acceptors (Lipinski definition) is 3. The van der Waals surface area contributed by atoms with Crippen LogP contribution in [-0.4, -0.2) is 27.8 Å². The summed E-state index contributed by atoms with van der Waals surface area (Å²) in [6, 6.07) is 19.1. The molecule has 1 aromatic heterocycles. The van der Waals surface area contributed by atoms with Crippen molar-refractivity contribution in [1.82, 2.24) is 14.7 Å². The maximum atomic E-state index is 6.49. The van der Waals surface area contributed by atoms with E-state index in [-0.39, 0.29) is 0 Å². The molecule has 5 heteroatoms. The van der Waals surface area contributed by atoms with Crippen LogP contribution in [0.3, 0.4) is 0 Å². The lowest BCUT2D eigenvalue weighted by Crippen LogP contribution is -2.33. The summed E-state index contributed by atoms with van der Waals surface area (Å²) in [5.41, 5.74) is 4.92. The lowest BCUT2D eigenvalue weighted by Gasteiger charge is -2.35. The van der Waals surface area contributed by atoms with Gasteiger partial charge in [0.25, 0.3) is 0 Å². The highest BCUT2D eigenvalue weighted by atomic mass is 35.5. The summed E-state index contributed by atoms with van der Waals surface area (Å²) in [5, 5.41) is 9.38. The fourth-order valence-corrected chi connectivity index (χ4v) is 4.79. The molecule has 28 heavy (non-hydrogen) atoms. The number of anilines is 1. The molecule has 0 amide bonds. The number of benzene rings is 2. The monoisotopic (exact) mass is 392 g/mol. The Morgan fingerprint density at radius 3 is 2.71 bits per heavy atom. The Balaban J connectivity index is 1.53. The Kier molecular flexibility index (Phi) is 4.83. The number of para-hydroxylation sites is 1. The fourth-order valence-electron chi connectivity index (χ4n) is 4.57. The molecule has 0 aliphatic carbocycles. The zero-order valence-electron chi connectivity index (χ0n) is 15.9. The number of rotatable bonds is 4. The lowest BCUT2D eigenvalue weighted by molar-refractivity contribution is 0.136. The van der Waals surface area contributed by atoms with Gasteiger partial charge in [0.1, 0.15) is 5.82 Å². The zero-order valence-corrected chi connectivity index (χ0v) is 16.7. The number of likely N-dealkylation sites (tertiary alicyclic amines) is 1. The van der Waals surface area contributed by atoms with Gasteiger partial charge in [-0.15, -0.1) is 0 Å². The Morgan fingerprint density at radius 2 is 1.86 bits per heavy atom. The van der Waals surface area contributed by atoms with Gasteiger partial charge in [-0.2, -0.15) is 5.10 Å². The molecule has 144 valence electrons.